The third-order valence-electron chi connectivity index (χ3n) is 5.05. The van der Waals surface area contributed by atoms with E-state index in [1.165, 1.54) is 0 Å². The number of carbonyl (C=O) groups excluding carboxylic acids is 1. The molecule has 3 heterocycles. The Morgan fingerprint density at radius 1 is 1.36 bits per heavy atom. The van der Waals surface area contributed by atoms with Crippen LogP contribution in [0.2, 0.25) is 0 Å². The summed E-state index contributed by atoms with van der Waals surface area (Å²) in [5.41, 5.74) is 0. The van der Waals surface area contributed by atoms with E-state index < -0.39 is 0 Å². The highest BCUT2D eigenvalue weighted by Gasteiger charge is 2.26. The Kier molecular flexibility index (Phi) is 6.84. The van der Waals surface area contributed by atoms with Gasteiger partial charge in [-0.05, 0) is 25.7 Å². The van der Waals surface area contributed by atoms with Gasteiger partial charge in [0, 0.05) is 51.7 Å². The number of amides is 1. The number of aromatic nitrogens is 2. The lowest BCUT2D eigenvalue weighted by Gasteiger charge is -2.32. The molecule has 0 radical (unpaired) electrons. The predicted molar refractivity (Wildman–Crippen MR) is 92.5 cm³/mol. The molecule has 3 rings (SSSR count). The Bertz CT molecular complexity index is 534. The first-order valence-corrected chi connectivity index (χ1v) is 9.25. The van der Waals surface area contributed by atoms with Crippen molar-refractivity contribution in [2.45, 2.75) is 44.2 Å². The number of imidazole rings is 1. The molecule has 0 N–H and O–H groups in total. The van der Waals surface area contributed by atoms with Crippen molar-refractivity contribution in [1.82, 2.24) is 14.5 Å². The molecule has 2 aliphatic rings. The van der Waals surface area contributed by atoms with Crippen LogP contribution in [0.5, 0.6) is 0 Å². The number of ether oxygens (including phenoxy) is 3. The van der Waals surface area contributed by atoms with Crippen LogP contribution >= 0.6 is 0 Å². The van der Waals surface area contributed by atoms with E-state index in [2.05, 4.69) is 9.55 Å². The number of piperidine rings is 1. The topological polar surface area (TPSA) is 65.8 Å². The summed E-state index contributed by atoms with van der Waals surface area (Å²) in [6, 6.07) is 0. The number of nitrogens with zero attached hydrogens (tertiary/aromatic N) is 3. The first-order chi connectivity index (χ1) is 12.3. The van der Waals surface area contributed by atoms with Crippen LogP contribution in [0.4, 0.5) is 0 Å². The fourth-order valence-corrected chi connectivity index (χ4v) is 3.59. The predicted octanol–water partition coefficient (Wildman–Crippen LogP) is 1.43. The maximum absolute atomic E-state index is 12.3. The third kappa shape index (κ3) is 5.03. The summed E-state index contributed by atoms with van der Waals surface area (Å²) in [6.07, 6.45) is 8.05. The van der Waals surface area contributed by atoms with Gasteiger partial charge in [0.2, 0.25) is 5.91 Å². The smallest absolute Gasteiger partial charge is 0.248 e. The normalized spacial score (nSPS) is 21.8. The van der Waals surface area contributed by atoms with E-state index in [1.54, 1.807) is 7.11 Å². The van der Waals surface area contributed by atoms with E-state index in [1.807, 2.05) is 17.3 Å². The molecular formula is C18H29N3O4. The Morgan fingerprint density at radius 2 is 2.20 bits per heavy atom. The van der Waals surface area contributed by atoms with Gasteiger partial charge in [-0.1, -0.05) is 0 Å². The Morgan fingerprint density at radius 3 is 2.92 bits per heavy atom. The van der Waals surface area contributed by atoms with E-state index in [-0.39, 0.29) is 18.6 Å². The molecule has 0 unspecified atom stereocenters. The number of likely N-dealkylation sites (tertiary alicyclic amines) is 1. The SMILES string of the molecule is COCCn1ccnc1C1CCN(C(=O)COC[C@H]2CCCO2)CC1. The average Bonchev–Trinajstić information content (AvgIpc) is 3.31. The van der Waals surface area contributed by atoms with Crippen LogP contribution in [0, 0.1) is 0 Å². The van der Waals surface area contributed by atoms with E-state index in [9.17, 15) is 4.79 Å². The highest BCUT2D eigenvalue weighted by atomic mass is 16.5. The highest BCUT2D eigenvalue weighted by molar-refractivity contribution is 5.77. The fourth-order valence-electron chi connectivity index (χ4n) is 3.59. The molecule has 2 saturated heterocycles. The number of hydrogen-bond donors (Lipinski definition) is 0. The zero-order chi connectivity index (χ0) is 17.5. The van der Waals surface area contributed by atoms with Gasteiger partial charge >= 0.3 is 0 Å². The molecule has 0 bridgehead atoms. The highest BCUT2D eigenvalue weighted by Crippen LogP contribution is 2.27. The molecule has 0 spiro atoms. The molecule has 1 aromatic heterocycles. The van der Waals surface area contributed by atoms with Crippen molar-refractivity contribution in [2.24, 2.45) is 0 Å². The van der Waals surface area contributed by atoms with Gasteiger partial charge in [0.1, 0.15) is 12.4 Å². The standard InChI is InChI=1S/C18H29N3O4/c1-23-12-10-21-9-6-19-18(21)15-4-7-20(8-5-15)17(22)14-24-13-16-3-2-11-25-16/h6,9,15-16H,2-5,7-8,10-14H2,1H3/t16-/m1/s1. The number of methoxy groups -OCH3 is 1. The van der Waals surface area contributed by atoms with Crippen molar-refractivity contribution in [2.75, 3.05) is 46.6 Å². The van der Waals surface area contributed by atoms with Crippen molar-refractivity contribution >= 4 is 5.91 Å². The number of rotatable bonds is 8. The van der Waals surface area contributed by atoms with Crippen LogP contribution in [0.25, 0.3) is 0 Å². The Hall–Kier alpha value is -1.44. The summed E-state index contributed by atoms with van der Waals surface area (Å²) in [5, 5.41) is 0. The summed E-state index contributed by atoms with van der Waals surface area (Å²) < 4.78 is 18.4. The molecule has 0 aromatic carbocycles. The lowest BCUT2D eigenvalue weighted by Crippen LogP contribution is -2.40. The molecule has 25 heavy (non-hydrogen) atoms. The minimum Gasteiger partial charge on any atom is -0.383 e. The number of hydrogen-bond acceptors (Lipinski definition) is 5. The molecule has 1 aromatic rings. The summed E-state index contributed by atoms with van der Waals surface area (Å²) in [4.78, 5) is 18.7. The lowest BCUT2D eigenvalue weighted by molar-refractivity contribution is -0.138. The minimum absolute atomic E-state index is 0.0826. The van der Waals surface area contributed by atoms with Gasteiger partial charge < -0.3 is 23.7 Å². The van der Waals surface area contributed by atoms with Crippen molar-refractivity contribution in [3.05, 3.63) is 18.2 Å². The summed E-state index contributed by atoms with van der Waals surface area (Å²) >= 11 is 0. The monoisotopic (exact) mass is 351 g/mol. The van der Waals surface area contributed by atoms with Crippen LogP contribution in [-0.4, -0.2) is 73.1 Å². The van der Waals surface area contributed by atoms with Crippen molar-refractivity contribution in [1.29, 1.82) is 0 Å². The quantitative estimate of drug-likeness (QED) is 0.709. The van der Waals surface area contributed by atoms with Gasteiger partial charge in [-0.3, -0.25) is 4.79 Å². The van der Waals surface area contributed by atoms with Gasteiger partial charge in [-0.15, -0.1) is 0 Å². The second-order valence-electron chi connectivity index (χ2n) is 6.78. The second-order valence-corrected chi connectivity index (χ2v) is 6.78. The zero-order valence-electron chi connectivity index (χ0n) is 15.1. The molecule has 2 fully saturated rings. The first kappa shape index (κ1) is 18.4. The van der Waals surface area contributed by atoms with Gasteiger partial charge in [0.25, 0.3) is 0 Å². The van der Waals surface area contributed by atoms with Crippen molar-refractivity contribution in [3.8, 4) is 0 Å². The van der Waals surface area contributed by atoms with Crippen LogP contribution in [-0.2, 0) is 25.5 Å². The molecule has 2 aliphatic heterocycles. The maximum Gasteiger partial charge on any atom is 0.248 e. The summed E-state index contributed by atoms with van der Waals surface area (Å²) in [6.45, 7) is 4.54. The Labute approximate surface area is 149 Å². The Balaban J connectivity index is 1.40. The zero-order valence-corrected chi connectivity index (χ0v) is 15.1. The van der Waals surface area contributed by atoms with Crippen LogP contribution in [0.15, 0.2) is 12.4 Å². The largest absolute Gasteiger partial charge is 0.383 e. The molecule has 7 heteroatoms. The summed E-state index contributed by atoms with van der Waals surface area (Å²) in [5.74, 6) is 1.60. The molecular weight excluding hydrogens is 322 g/mol. The minimum atomic E-state index is 0.0826. The van der Waals surface area contributed by atoms with Gasteiger partial charge in [0.05, 0.1) is 19.3 Å². The van der Waals surface area contributed by atoms with E-state index in [0.29, 0.717) is 19.1 Å². The van der Waals surface area contributed by atoms with Crippen LogP contribution in [0.3, 0.4) is 0 Å². The summed E-state index contributed by atoms with van der Waals surface area (Å²) in [7, 11) is 1.71. The van der Waals surface area contributed by atoms with Crippen LogP contribution in [0.1, 0.15) is 37.4 Å². The van der Waals surface area contributed by atoms with E-state index in [0.717, 1.165) is 57.7 Å². The lowest BCUT2D eigenvalue weighted by atomic mass is 9.96. The third-order valence-corrected chi connectivity index (χ3v) is 5.05. The maximum atomic E-state index is 12.3. The number of carbonyl (C=O) groups is 1. The molecule has 7 nitrogen and oxygen atoms in total. The average molecular weight is 351 g/mol. The van der Waals surface area contributed by atoms with Gasteiger partial charge in [-0.25, -0.2) is 4.98 Å². The fraction of sp³-hybridized carbons (Fsp3) is 0.778. The van der Waals surface area contributed by atoms with Gasteiger partial charge in [-0.2, -0.15) is 0 Å². The van der Waals surface area contributed by atoms with Crippen molar-refractivity contribution in [3.63, 3.8) is 0 Å². The van der Waals surface area contributed by atoms with E-state index >= 15 is 0 Å². The molecule has 0 saturated carbocycles. The molecule has 140 valence electrons. The van der Waals surface area contributed by atoms with Gasteiger partial charge in [0.15, 0.2) is 0 Å². The second kappa shape index (κ2) is 9.31. The van der Waals surface area contributed by atoms with E-state index in [4.69, 9.17) is 14.2 Å². The molecule has 1 atom stereocenters. The van der Waals surface area contributed by atoms with Crippen molar-refractivity contribution < 1.29 is 19.0 Å². The molecule has 1 amide bonds. The molecule has 0 aliphatic carbocycles. The van der Waals surface area contributed by atoms with Crippen LogP contribution < -0.4 is 0 Å². The first-order valence-electron chi connectivity index (χ1n) is 9.25.